The summed E-state index contributed by atoms with van der Waals surface area (Å²) in [5.41, 5.74) is 1.81. The first kappa shape index (κ1) is 15.1. The summed E-state index contributed by atoms with van der Waals surface area (Å²) in [4.78, 5) is 25.0. The summed E-state index contributed by atoms with van der Waals surface area (Å²) in [5, 5.41) is 0. The van der Waals surface area contributed by atoms with Crippen molar-refractivity contribution in [1.29, 1.82) is 0 Å². The Bertz CT molecular complexity index is 572. The number of carbonyl (C=O) groups is 2. The Morgan fingerprint density at radius 2 is 1.81 bits per heavy atom. The number of allylic oxidation sites excluding steroid dienone is 1. The zero-order valence-electron chi connectivity index (χ0n) is 12.6. The minimum Gasteiger partial charge on any atom is -0.497 e. The molecule has 1 fully saturated rings. The van der Waals surface area contributed by atoms with E-state index in [0.29, 0.717) is 0 Å². The number of β-lactam (4-membered cyclic amide) rings is 1. The third-order valence-electron chi connectivity index (χ3n) is 3.24. The van der Waals surface area contributed by atoms with E-state index in [4.69, 9.17) is 9.47 Å². The maximum absolute atomic E-state index is 12.2. The number of amides is 1. The number of esters is 1. The smallest absolute Gasteiger partial charge is 0.303 e. The van der Waals surface area contributed by atoms with Crippen molar-refractivity contribution in [1.82, 2.24) is 0 Å². The first-order chi connectivity index (χ1) is 9.93. The average molecular weight is 289 g/mol. The number of nitrogens with zero attached hydrogens (tertiary/aromatic N) is 1. The number of hydrogen-bond donors (Lipinski definition) is 0. The molecule has 1 aliphatic rings. The van der Waals surface area contributed by atoms with Crippen LogP contribution in [0.2, 0.25) is 0 Å². The molecule has 0 radical (unpaired) electrons. The summed E-state index contributed by atoms with van der Waals surface area (Å²) in [6.07, 6.45) is 1.19. The van der Waals surface area contributed by atoms with Crippen molar-refractivity contribution >= 4 is 17.6 Å². The maximum atomic E-state index is 12.2. The number of rotatable bonds is 4. The van der Waals surface area contributed by atoms with E-state index in [9.17, 15) is 9.59 Å². The van der Waals surface area contributed by atoms with Gasteiger partial charge in [-0.3, -0.25) is 14.5 Å². The Morgan fingerprint density at radius 3 is 2.29 bits per heavy atom. The highest BCUT2D eigenvalue weighted by Gasteiger charge is 2.49. The Hall–Kier alpha value is -2.30. The van der Waals surface area contributed by atoms with Gasteiger partial charge in [0.25, 0.3) is 5.91 Å². The highest BCUT2D eigenvalue weighted by Crippen LogP contribution is 2.32. The normalized spacial score (nSPS) is 20.6. The molecule has 21 heavy (non-hydrogen) atoms. The molecule has 5 nitrogen and oxygen atoms in total. The van der Waals surface area contributed by atoms with Crippen molar-refractivity contribution in [2.24, 2.45) is 0 Å². The minimum absolute atomic E-state index is 0.210. The van der Waals surface area contributed by atoms with Gasteiger partial charge in [0, 0.05) is 12.6 Å². The van der Waals surface area contributed by atoms with E-state index in [-0.39, 0.29) is 11.9 Å². The van der Waals surface area contributed by atoms with Gasteiger partial charge < -0.3 is 9.47 Å². The van der Waals surface area contributed by atoms with E-state index >= 15 is 0 Å². The van der Waals surface area contributed by atoms with Crippen molar-refractivity contribution in [2.45, 2.75) is 32.9 Å². The Labute approximate surface area is 124 Å². The maximum Gasteiger partial charge on any atom is 0.303 e. The Kier molecular flexibility index (Phi) is 4.31. The highest BCUT2D eigenvalue weighted by atomic mass is 16.6. The zero-order valence-corrected chi connectivity index (χ0v) is 12.6. The number of methoxy groups -OCH3 is 1. The number of anilines is 1. The fourth-order valence-electron chi connectivity index (χ4n) is 2.33. The van der Waals surface area contributed by atoms with Crippen LogP contribution in [0.15, 0.2) is 35.9 Å². The summed E-state index contributed by atoms with van der Waals surface area (Å²) < 4.78 is 10.2. The number of ether oxygens (including phenoxy) is 2. The van der Waals surface area contributed by atoms with Crippen LogP contribution in [0.5, 0.6) is 5.75 Å². The number of benzene rings is 1. The predicted molar refractivity (Wildman–Crippen MR) is 79.3 cm³/mol. The van der Waals surface area contributed by atoms with Crippen LogP contribution in [0.3, 0.4) is 0 Å². The Balaban J connectivity index is 2.26. The van der Waals surface area contributed by atoms with Crippen LogP contribution in [0.1, 0.15) is 20.8 Å². The SMILES string of the molecule is COc1ccc(N2C(=O)C(OC(C)=O)C2C=C(C)C)cc1. The van der Waals surface area contributed by atoms with Gasteiger partial charge in [0.15, 0.2) is 0 Å². The molecule has 0 aliphatic carbocycles. The highest BCUT2D eigenvalue weighted by molar-refractivity contribution is 6.06. The van der Waals surface area contributed by atoms with Crippen molar-refractivity contribution in [2.75, 3.05) is 12.0 Å². The van der Waals surface area contributed by atoms with E-state index in [2.05, 4.69) is 0 Å². The van der Waals surface area contributed by atoms with Crippen LogP contribution >= 0.6 is 0 Å². The molecule has 1 amide bonds. The van der Waals surface area contributed by atoms with E-state index in [1.165, 1.54) is 6.92 Å². The predicted octanol–water partition coefficient (Wildman–Crippen LogP) is 2.31. The largest absolute Gasteiger partial charge is 0.497 e. The molecule has 2 rings (SSSR count). The van der Waals surface area contributed by atoms with Crippen LogP contribution in [-0.2, 0) is 14.3 Å². The van der Waals surface area contributed by atoms with E-state index < -0.39 is 12.1 Å². The van der Waals surface area contributed by atoms with Gasteiger partial charge >= 0.3 is 5.97 Å². The van der Waals surface area contributed by atoms with Crippen molar-refractivity contribution < 1.29 is 19.1 Å². The van der Waals surface area contributed by atoms with E-state index in [0.717, 1.165) is 17.0 Å². The van der Waals surface area contributed by atoms with Crippen LogP contribution in [0.25, 0.3) is 0 Å². The van der Waals surface area contributed by atoms with Gasteiger partial charge in [-0.05, 0) is 38.1 Å². The molecule has 5 heteroatoms. The second kappa shape index (κ2) is 5.99. The monoisotopic (exact) mass is 289 g/mol. The van der Waals surface area contributed by atoms with Gasteiger partial charge in [0.2, 0.25) is 6.10 Å². The molecule has 0 aromatic heterocycles. The number of hydrogen-bond acceptors (Lipinski definition) is 4. The first-order valence-electron chi connectivity index (χ1n) is 6.73. The summed E-state index contributed by atoms with van der Waals surface area (Å²) in [6.45, 7) is 5.20. The van der Waals surface area contributed by atoms with Gasteiger partial charge in [-0.25, -0.2) is 0 Å². The molecule has 112 valence electrons. The third kappa shape index (κ3) is 3.07. The lowest BCUT2D eigenvalue weighted by Gasteiger charge is -2.44. The van der Waals surface area contributed by atoms with Crippen LogP contribution < -0.4 is 9.64 Å². The second-order valence-corrected chi connectivity index (χ2v) is 5.17. The molecule has 1 aromatic rings. The van der Waals surface area contributed by atoms with Crippen molar-refractivity contribution in [3.8, 4) is 5.75 Å². The van der Waals surface area contributed by atoms with E-state index in [1.54, 1.807) is 24.1 Å². The van der Waals surface area contributed by atoms with Gasteiger partial charge in [-0.2, -0.15) is 0 Å². The van der Waals surface area contributed by atoms with Crippen LogP contribution in [-0.4, -0.2) is 31.1 Å². The molecule has 0 saturated carbocycles. The third-order valence-corrected chi connectivity index (χ3v) is 3.24. The van der Waals surface area contributed by atoms with Gasteiger partial charge in [0.05, 0.1) is 7.11 Å². The van der Waals surface area contributed by atoms with Crippen molar-refractivity contribution in [3.63, 3.8) is 0 Å². The van der Waals surface area contributed by atoms with Crippen LogP contribution in [0, 0.1) is 0 Å². The minimum atomic E-state index is -0.737. The molecule has 0 spiro atoms. The molecule has 2 atom stereocenters. The molecular formula is C16H19NO4. The molecule has 2 unspecified atom stereocenters. The summed E-state index contributed by atoms with van der Waals surface area (Å²) in [5.74, 6) is 0.0646. The quantitative estimate of drug-likeness (QED) is 0.485. The van der Waals surface area contributed by atoms with E-state index in [1.807, 2.05) is 32.1 Å². The lowest BCUT2D eigenvalue weighted by molar-refractivity contribution is -0.159. The molecule has 0 bridgehead atoms. The van der Waals surface area contributed by atoms with Gasteiger partial charge in [-0.15, -0.1) is 0 Å². The standard InChI is InChI=1S/C16H19NO4/c1-10(2)9-14-15(21-11(3)18)16(19)17(14)12-5-7-13(20-4)8-6-12/h5-9,14-15H,1-4H3. The summed E-state index contributed by atoms with van der Waals surface area (Å²) in [6, 6.07) is 6.95. The topological polar surface area (TPSA) is 55.8 Å². The van der Waals surface area contributed by atoms with Crippen molar-refractivity contribution in [3.05, 3.63) is 35.9 Å². The summed E-state index contributed by atoms with van der Waals surface area (Å²) in [7, 11) is 1.59. The van der Waals surface area contributed by atoms with Gasteiger partial charge in [-0.1, -0.05) is 11.6 Å². The molecule has 1 heterocycles. The fraction of sp³-hybridized carbons (Fsp3) is 0.375. The molecule has 0 N–H and O–H groups in total. The molecule has 1 aliphatic heterocycles. The average Bonchev–Trinajstić information content (AvgIpc) is 2.44. The second-order valence-electron chi connectivity index (χ2n) is 5.17. The molecule has 1 saturated heterocycles. The first-order valence-corrected chi connectivity index (χ1v) is 6.73. The lowest BCUT2D eigenvalue weighted by atomic mass is 9.94. The van der Waals surface area contributed by atoms with Crippen LogP contribution in [0.4, 0.5) is 5.69 Å². The zero-order chi connectivity index (χ0) is 15.6. The molecule has 1 aromatic carbocycles. The molecular weight excluding hydrogens is 270 g/mol. The van der Waals surface area contributed by atoms with Gasteiger partial charge in [0.1, 0.15) is 11.8 Å². The lowest BCUT2D eigenvalue weighted by Crippen LogP contribution is -2.65. The summed E-state index contributed by atoms with van der Waals surface area (Å²) >= 11 is 0. The fourth-order valence-corrected chi connectivity index (χ4v) is 2.33. The Morgan fingerprint density at radius 1 is 1.19 bits per heavy atom. The number of carbonyl (C=O) groups excluding carboxylic acids is 2.